The van der Waals surface area contributed by atoms with Gasteiger partial charge in [0.1, 0.15) is 5.75 Å². The van der Waals surface area contributed by atoms with Gasteiger partial charge in [0.15, 0.2) is 0 Å². The molecule has 0 fully saturated rings. The average molecular weight is 439 g/mol. The quantitative estimate of drug-likeness (QED) is 0.631. The first-order chi connectivity index (χ1) is 15.4. The fraction of sp³-hybridized carbons (Fsp3) is 0.360. The third-order valence-electron chi connectivity index (χ3n) is 5.75. The van der Waals surface area contributed by atoms with Crippen molar-refractivity contribution in [3.63, 3.8) is 0 Å². The van der Waals surface area contributed by atoms with E-state index in [1.807, 2.05) is 6.07 Å². The summed E-state index contributed by atoms with van der Waals surface area (Å²) in [6.45, 7) is 3.28. The summed E-state index contributed by atoms with van der Waals surface area (Å²) in [7, 11) is 3.99. The number of ether oxygens (including phenoxy) is 1. The van der Waals surface area contributed by atoms with E-state index >= 15 is 0 Å². The van der Waals surface area contributed by atoms with Crippen LogP contribution in [-0.4, -0.2) is 55.9 Å². The zero-order valence-electron chi connectivity index (χ0n) is 18.6. The number of benzene rings is 2. The second kappa shape index (κ2) is 10.8. The fourth-order valence-corrected chi connectivity index (χ4v) is 4.38. The first-order valence-corrected chi connectivity index (χ1v) is 10.8. The summed E-state index contributed by atoms with van der Waals surface area (Å²) in [5.74, 6) is -1.58. The summed E-state index contributed by atoms with van der Waals surface area (Å²) in [5, 5.41) is 19.2. The van der Waals surface area contributed by atoms with Crippen molar-refractivity contribution in [1.82, 2.24) is 5.32 Å². The molecule has 4 rings (SSSR count). The van der Waals surface area contributed by atoms with Crippen molar-refractivity contribution in [3.05, 3.63) is 59.2 Å². The van der Waals surface area contributed by atoms with Crippen molar-refractivity contribution in [2.45, 2.75) is 25.7 Å². The minimum atomic E-state index is -1.26. The van der Waals surface area contributed by atoms with Gasteiger partial charge in [-0.1, -0.05) is 18.2 Å². The van der Waals surface area contributed by atoms with Crippen LogP contribution in [0, 0.1) is 0 Å². The van der Waals surface area contributed by atoms with Crippen molar-refractivity contribution in [3.8, 4) is 16.9 Å². The van der Waals surface area contributed by atoms with Crippen LogP contribution >= 0.6 is 0 Å². The Bertz CT molecular complexity index is 1000. The topological polar surface area (TPSA) is 99.1 Å². The molecule has 0 atom stereocenters. The minimum absolute atomic E-state index is 0.558. The fourth-order valence-electron chi connectivity index (χ4n) is 4.38. The molecule has 7 nitrogen and oxygen atoms in total. The second-order valence-electron chi connectivity index (χ2n) is 7.91. The Hall–Kier alpha value is -3.32. The van der Waals surface area contributed by atoms with E-state index in [2.05, 4.69) is 41.5 Å². The van der Waals surface area contributed by atoms with Gasteiger partial charge in [0.05, 0.1) is 7.11 Å². The molecule has 0 amide bonds. The molecule has 2 aromatic rings. The van der Waals surface area contributed by atoms with E-state index in [1.165, 1.54) is 46.3 Å². The molecule has 7 heteroatoms. The van der Waals surface area contributed by atoms with Crippen LogP contribution in [0.25, 0.3) is 11.1 Å². The molecule has 0 saturated carbocycles. The van der Waals surface area contributed by atoms with Crippen molar-refractivity contribution in [2.75, 3.05) is 38.7 Å². The molecule has 32 heavy (non-hydrogen) atoms. The molecular formula is C25H30N2O5. The smallest absolute Gasteiger partial charge is 0.328 e. The Morgan fingerprint density at radius 1 is 1.03 bits per heavy atom. The van der Waals surface area contributed by atoms with Gasteiger partial charge in [0, 0.05) is 37.0 Å². The molecule has 0 bridgehead atoms. The van der Waals surface area contributed by atoms with Gasteiger partial charge in [-0.25, -0.2) is 9.59 Å². The number of nitrogens with one attached hydrogen (secondary N) is 1. The third kappa shape index (κ3) is 5.68. The van der Waals surface area contributed by atoms with Gasteiger partial charge < -0.3 is 25.2 Å². The number of rotatable bonds is 4. The Balaban J connectivity index is 0.000000312. The van der Waals surface area contributed by atoms with E-state index in [9.17, 15) is 9.59 Å². The zero-order valence-corrected chi connectivity index (χ0v) is 18.6. The highest BCUT2D eigenvalue weighted by atomic mass is 16.5. The van der Waals surface area contributed by atoms with Crippen LogP contribution < -0.4 is 15.0 Å². The first kappa shape index (κ1) is 23.3. The number of carboxylic acids is 2. The number of aryl methyl sites for hydroxylation is 1. The maximum absolute atomic E-state index is 9.55. The highest BCUT2D eigenvalue weighted by Gasteiger charge is 2.24. The Morgan fingerprint density at radius 2 is 1.75 bits per heavy atom. The van der Waals surface area contributed by atoms with E-state index in [0.29, 0.717) is 12.2 Å². The third-order valence-corrected chi connectivity index (χ3v) is 5.75. The van der Waals surface area contributed by atoms with Crippen molar-refractivity contribution < 1.29 is 24.5 Å². The lowest BCUT2D eigenvalue weighted by Crippen LogP contribution is -2.26. The van der Waals surface area contributed by atoms with Crippen molar-refractivity contribution >= 4 is 17.6 Å². The molecule has 0 spiro atoms. The number of anilines is 1. The summed E-state index contributed by atoms with van der Waals surface area (Å²) >= 11 is 0. The number of fused-ring (bicyclic) bond motifs is 2. The maximum Gasteiger partial charge on any atom is 0.328 e. The lowest BCUT2D eigenvalue weighted by Gasteiger charge is -2.32. The van der Waals surface area contributed by atoms with Crippen LogP contribution in [-0.2, 0) is 28.9 Å². The molecule has 2 heterocycles. The SMILES string of the molecule is COc1cccc(-c2c3c(cc4c2N(C)CCC4)CCNCC3)c1.O=C(O)/C=C/C(=O)O. The monoisotopic (exact) mass is 438 g/mol. The molecule has 0 saturated heterocycles. The Kier molecular flexibility index (Phi) is 7.89. The van der Waals surface area contributed by atoms with Crippen molar-refractivity contribution in [2.24, 2.45) is 0 Å². The van der Waals surface area contributed by atoms with Crippen LogP contribution in [0.5, 0.6) is 5.75 Å². The highest BCUT2D eigenvalue weighted by molar-refractivity contribution is 5.89. The van der Waals surface area contributed by atoms with Gasteiger partial charge in [-0.05, 0) is 73.2 Å². The van der Waals surface area contributed by atoms with Gasteiger partial charge in [0.2, 0.25) is 0 Å². The number of nitrogens with zero attached hydrogens (tertiary/aromatic N) is 1. The van der Waals surface area contributed by atoms with E-state index in [0.717, 1.165) is 38.2 Å². The Labute approximate surface area is 188 Å². The summed E-state index contributed by atoms with van der Waals surface area (Å²) in [4.78, 5) is 21.6. The van der Waals surface area contributed by atoms with E-state index < -0.39 is 11.9 Å². The zero-order chi connectivity index (χ0) is 23.1. The standard InChI is InChI=1S/C21H26N2O.C4H4O4/c1-23-12-4-6-17-13-15-8-10-22-11-9-19(15)20(21(17)23)16-5-3-7-18(14-16)24-2;5-3(6)1-2-4(7)8/h3,5,7,13-14,22H,4,6,8-12H2,1-2H3;1-2H,(H,5,6)(H,7,8)/b;2-1+. The van der Waals surface area contributed by atoms with E-state index in [1.54, 1.807) is 7.11 Å². The average Bonchev–Trinajstić information content (AvgIpc) is 3.02. The lowest BCUT2D eigenvalue weighted by atomic mass is 9.85. The molecule has 2 aromatic carbocycles. The van der Waals surface area contributed by atoms with Gasteiger partial charge in [-0.2, -0.15) is 0 Å². The minimum Gasteiger partial charge on any atom is -0.497 e. The maximum atomic E-state index is 9.55. The molecule has 0 aromatic heterocycles. The molecule has 0 aliphatic carbocycles. The lowest BCUT2D eigenvalue weighted by molar-refractivity contribution is -0.134. The van der Waals surface area contributed by atoms with Gasteiger partial charge in [-0.3, -0.25) is 0 Å². The number of carboxylic acid groups (broad SMARTS) is 2. The van der Waals surface area contributed by atoms with Crippen LogP contribution in [0.2, 0.25) is 0 Å². The van der Waals surface area contributed by atoms with Crippen LogP contribution in [0.4, 0.5) is 5.69 Å². The van der Waals surface area contributed by atoms with Gasteiger partial charge in [0.25, 0.3) is 0 Å². The van der Waals surface area contributed by atoms with Crippen LogP contribution in [0.15, 0.2) is 42.5 Å². The van der Waals surface area contributed by atoms with Crippen LogP contribution in [0.1, 0.15) is 23.1 Å². The Morgan fingerprint density at radius 3 is 2.44 bits per heavy atom. The molecule has 3 N–H and O–H groups in total. The van der Waals surface area contributed by atoms with Gasteiger partial charge >= 0.3 is 11.9 Å². The summed E-state index contributed by atoms with van der Waals surface area (Å²) in [5.41, 5.74) is 8.75. The number of hydrogen-bond acceptors (Lipinski definition) is 5. The normalized spacial score (nSPS) is 15.1. The predicted octanol–water partition coefficient (Wildman–Crippen LogP) is 3.14. The number of carbonyl (C=O) groups is 2. The van der Waals surface area contributed by atoms with E-state index in [4.69, 9.17) is 14.9 Å². The summed E-state index contributed by atoms with van der Waals surface area (Å²) < 4.78 is 5.49. The second-order valence-corrected chi connectivity index (χ2v) is 7.91. The largest absolute Gasteiger partial charge is 0.497 e. The number of methoxy groups -OCH3 is 1. The van der Waals surface area contributed by atoms with Crippen LogP contribution in [0.3, 0.4) is 0 Å². The van der Waals surface area contributed by atoms with E-state index in [-0.39, 0.29) is 0 Å². The summed E-state index contributed by atoms with van der Waals surface area (Å²) in [6, 6.07) is 11.0. The molecule has 170 valence electrons. The first-order valence-electron chi connectivity index (χ1n) is 10.8. The molecule has 2 aliphatic heterocycles. The number of aliphatic carboxylic acids is 2. The molecular weight excluding hydrogens is 408 g/mol. The molecule has 2 aliphatic rings. The molecule has 0 radical (unpaired) electrons. The number of hydrogen-bond donors (Lipinski definition) is 3. The van der Waals surface area contributed by atoms with Crippen molar-refractivity contribution in [1.29, 1.82) is 0 Å². The predicted molar refractivity (Wildman–Crippen MR) is 125 cm³/mol. The molecule has 0 unspecified atom stereocenters. The summed E-state index contributed by atoms with van der Waals surface area (Å²) in [6.07, 6.45) is 5.78. The van der Waals surface area contributed by atoms with Gasteiger partial charge in [-0.15, -0.1) is 0 Å². The highest BCUT2D eigenvalue weighted by Crippen LogP contribution is 2.42.